The highest BCUT2D eigenvalue weighted by atomic mass is 35.5. The van der Waals surface area contributed by atoms with Crippen LogP contribution in [0.15, 0.2) is 65.6 Å². The SMILES string of the molecule is COc1ccc(OC)c(NC(=S)Nc2ccc(S(=O)(=O)Nc3ccc(Cl)c(Cl)c3)cc2)c1. The van der Waals surface area contributed by atoms with Gasteiger partial charge in [-0.15, -0.1) is 0 Å². The molecule has 0 fully saturated rings. The Kier molecular flexibility index (Phi) is 7.68. The maximum absolute atomic E-state index is 12.6. The van der Waals surface area contributed by atoms with E-state index < -0.39 is 10.0 Å². The van der Waals surface area contributed by atoms with Crippen molar-refractivity contribution in [2.45, 2.75) is 4.90 Å². The molecule has 7 nitrogen and oxygen atoms in total. The predicted octanol–water partition coefficient (Wildman–Crippen LogP) is 5.62. The van der Waals surface area contributed by atoms with Crippen molar-refractivity contribution in [1.82, 2.24) is 0 Å². The lowest BCUT2D eigenvalue weighted by atomic mass is 10.2. The molecular weight excluding hydrogens is 493 g/mol. The first-order valence-electron chi connectivity index (χ1n) is 9.10. The van der Waals surface area contributed by atoms with Gasteiger partial charge in [-0.2, -0.15) is 0 Å². The van der Waals surface area contributed by atoms with E-state index in [4.69, 9.17) is 44.9 Å². The first-order chi connectivity index (χ1) is 15.2. The summed E-state index contributed by atoms with van der Waals surface area (Å²) in [5, 5.41) is 6.91. The van der Waals surface area contributed by atoms with Crippen molar-refractivity contribution in [2.24, 2.45) is 0 Å². The molecule has 3 N–H and O–H groups in total. The molecule has 11 heteroatoms. The largest absolute Gasteiger partial charge is 0.497 e. The molecule has 0 atom stereocenters. The zero-order valence-corrected chi connectivity index (χ0v) is 20.1. The zero-order valence-electron chi connectivity index (χ0n) is 17.0. The molecule has 0 amide bonds. The Hall–Kier alpha value is -2.72. The van der Waals surface area contributed by atoms with E-state index in [1.807, 2.05) is 0 Å². The minimum atomic E-state index is -3.81. The summed E-state index contributed by atoms with van der Waals surface area (Å²) in [5.74, 6) is 1.23. The number of halogens is 2. The highest BCUT2D eigenvalue weighted by molar-refractivity contribution is 7.92. The Labute approximate surface area is 201 Å². The molecule has 0 saturated heterocycles. The average molecular weight is 512 g/mol. The van der Waals surface area contributed by atoms with Gasteiger partial charge < -0.3 is 20.1 Å². The summed E-state index contributed by atoms with van der Waals surface area (Å²) >= 11 is 17.2. The second-order valence-electron chi connectivity index (χ2n) is 6.40. The number of hydrogen-bond acceptors (Lipinski definition) is 5. The number of anilines is 3. The number of benzene rings is 3. The van der Waals surface area contributed by atoms with Gasteiger partial charge in [0, 0.05) is 11.8 Å². The maximum atomic E-state index is 12.6. The molecule has 32 heavy (non-hydrogen) atoms. The summed E-state index contributed by atoms with van der Waals surface area (Å²) in [7, 11) is -0.698. The summed E-state index contributed by atoms with van der Waals surface area (Å²) in [4.78, 5) is 0.0717. The second kappa shape index (κ2) is 10.3. The van der Waals surface area contributed by atoms with Crippen LogP contribution in [0.5, 0.6) is 11.5 Å². The number of rotatable bonds is 7. The molecule has 0 spiro atoms. The van der Waals surface area contributed by atoms with E-state index in [9.17, 15) is 8.42 Å². The third-order valence-electron chi connectivity index (χ3n) is 4.25. The second-order valence-corrected chi connectivity index (χ2v) is 9.31. The third-order valence-corrected chi connectivity index (χ3v) is 6.59. The smallest absolute Gasteiger partial charge is 0.261 e. The number of hydrogen-bond donors (Lipinski definition) is 3. The molecule has 0 heterocycles. The molecule has 0 saturated carbocycles. The van der Waals surface area contributed by atoms with Crippen LogP contribution in [-0.4, -0.2) is 27.7 Å². The summed E-state index contributed by atoms with van der Waals surface area (Å²) in [6, 6.07) is 15.9. The fourth-order valence-corrected chi connectivity index (χ4v) is 4.26. The first-order valence-corrected chi connectivity index (χ1v) is 11.7. The molecule has 0 radical (unpaired) electrons. The van der Waals surface area contributed by atoms with Gasteiger partial charge in [-0.05, 0) is 66.8 Å². The van der Waals surface area contributed by atoms with E-state index in [0.717, 1.165) is 0 Å². The number of nitrogens with one attached hydrogen (secondary N) is 3. The van der Waals surface area contributed by atoms with Crippen molar-refractivity contribution >= 4 is 67.6 Å². The van der Waals surface area contributed by atoms with Crippen LogP contribution in [0.1, 0.15) is 0 Å². The van der Waals surface area contributed by atoms with Crippen molar-refractivity contribution in [3.63, 3.8) is 0 Å². The normalized spacial score (nSPS) is 10.9. The van der Waals surface area contributed by atoms with Crippen LogP contribution in [-0.2, 0) is 10.0 Å². The van der Waals surface area contributed by atoms with E-state index >= 15 is 0 Å². The summed E-state index contributed by atoms with van der Waals surface area (Å²) < 4.78 is 38.3. The minimum absolute atomic E-state index is 0.0717. The monoisotopic (exact) mass is 511 g/mol. The maximum Gasteiger partial charge on any atom is 0.261 e. The molecule has 3 aromatic carbocycles. The van der Waals surface area contributed by atoms with E-state index in [-0.39, 0.29) is 9.92 Å². The molecule has 0 aliphatic rings. The highest BCUT2D eigenvalue weighted by Gasteiger charge is 2.15. The Morgan fingerprint density at radius 2 is 1.53 bits per heavy atom. The van der Waals surface area contributed by atoms with Gasteiger partial charge >= 0.3 is 0 Å². The molecule has 3 aromatic rings. The lowest BCUT2D eigenvalue weighted by Gasteiger charge is -2.15. The first kappa shape index (κ1) is 23.9. The van der Waals surface area contributed by atoms with Gasteiger partial charge in [-0.25, -0.2) is 8.42 Å². The minimum Gasteiger partial charge on any atom is -0.497 e. The van der Waals surface area contributed by atoms with Crippen molar-refractivity contribution in [1.29, 1.82) is 0 Å². The molecule has 0 bridgehead atoms. The van der Waals surface area contributed by atoms with Crippen molar-refractivity contribution in [3.05, 3.63) is 70.7 Å². The van der Waals surface area contributed by atoms with Gasteiger partial charge in [0.1, 0.15) is 11.5 Å². The van der Waals surface area contributed by atoms with Gasteiger partial charge in [0.15, 0.2) is 5.11 Å². The number of ether oxygens (including phenoxy) is 2. The lowest BCUT2D eigenvalue weighted by Crippen LogP contribution is -2.19. The van der Waals surface area contributed by atoms with E-state index in [0.29, 0.717) is 38.7 Å². The zero-order chi connectivity index (χ0) is 23.3. The predicted molar refractivity (Wildman–Crippen MR) is 133 cm³/mol. The van der Waals surface area contributed by atoms with Crippen LogP contribution >= 0.6 is 35.4 Å². The Bertz CT molecular complexity index is 1240. The van der Waals surface area contributed by atoms with Gasteiger partial charge in [0.2, 0.25) is 0 Å². The van der Waals surface area contributed by atoms with Crippen molar-refractivity contribution in [2.75, 3.05) is 29.6 Å². The van der Waals surface area contributed by atoms with Crippen molar-refractivity contribution in [3.8, 4) is 11.5 Å². The van der Waals surface area contributed by atoms with Crippen molar-refractivity contribution < 1.29 is 17.9 Å². The van der Waals surface area contributed by atoms with Crippen LogP contribution in [0.3, 0.4) is 0 Å². The molecule has 0 aliphatic carbocycles. The quantitative estimate of drug-likeness (QED) is 0.354. The topological polar surface area (TPSA) is 88.7 Å². The summed E-state index contributed by atoms with van der Waals surface area (Å²) in [6.07, 6.45) is 0. The molecule has 168 valence electrons. The molecule has 0 unspecified atom stereocenters. The van der Waals surface area contributed by atoms with E-state index in [2.05, 4.69) is 15.4 Å². The fraction of sp³-hybridized carbons (Fsp3) is 0.0952. The van der Waals surface area contributed by atoms with Gasteiger partial charge in [0.25, 0.3) is 10.0 Å². The third kappa shape index (κ3) is 5.95. The Morgan fingerprint density at radius 3 is 2.16 bits per heavy atom. The van der Waals surface area contributed by atoms with Gasteiger partial charge in [0.05, 0.1) is 40.5 Å². The summed E-state index contributed by atoms with van der Waals surface area (Å²) in [6.45, 7) is 0. The number of methoxy groups -OCH3 is 2. The van der Waals surface area contributed by atoms with E-state index in [1.54, 1.807) is 44.6 Å². The fourth-order valence-electron chi connectivity index (χ4n) is 2.69. The summed E-state index contributed by atoms with van der Waals surface area (Å²) in [5.41, 5.74) is 1.52. The molecule has 0 aromatic heterocycles. The van der Waals surface area contributed by atoms with Crippen LogP contribution in [0, 0.1) is 0 Å². The highest BCUT2D eigenvalue weighted by Crippen LogP contribution is 2.29. The standard InChI is InChI=1S/C21H19Cl2N3O4S2/c1-29-15-6-10-20(30-2)19(12-15)25-21(31)24-13-3-7-16(8-4-13)32(27,28)26-14-5-9-17(22)18(23)11-14/h3-12,26H,1-2H3,(H2,24,25,31). The van der Waals surface area contributed by atoms with Crippen LogP contribution < -0.4 is 24.8 Å². The van der Waals surface area contributed by atoms with Crippen LogP contribution in [0.2, 0.25) is 10.0 Å². The van der Waals surface area contributed by atoms with Crippen LogP contribution in [0.4, 0.5) is 17.1 Å². The number of thiocarbonyl (C=S) groups is 1. The van der Waals surface area contributed by atoms with Gasteiger partial charge in [-0.1, -0.05) is 23.2 Å². The Balaban J connectivity index is 1.69. The average Bonchev–Trinajstić information content (AvgIpc) is 2.76. The van der Waals surface area contributed by atoms with E-state index in [1.165, 1.54) is 30.3 Å². The Morgan fingerprint density at radius 1 is 0.844 bits per heavy atom. The molecule has 0 aliphatic heterocycles. The molecular formula is C21H19Cl2N3O4S2. The number of sulfonamides is 1. The molecule has 3 rings (SSSR count). The lowest BCUT2D eigenvalue weighted by molar-refractivity contribution is 0.405. The van der Waals surface area contributed by atoms with Crippen LogP contribution in [0.25, 0.3) is 0 Å². The van der Waals surface area contributed by atoms with Gasteiger partial charge in [-0.3, -0.25) is 4.72 Å².